The van der Waals surface area contributed by atoms with Crippen LogP contribution in [0.1, 0.15) is 0 Å². The van der Waals surface area contributed by atoms with Crippen LogP contribution in [0.4, 0.5) is 0 Å². The molecule has 2 N–H and O–H groups in total. The summed E-state index contributed by atoms with van der Waals surface area (Å²) in [5, 5.41) is 17.4. The fourth-order valence-corrected chi connectivity index (χ4v) is 1.52. The Hall–Kier alpha value is 0.420. The average molecular weight is 247 g/mol. The first-order valence-corrected chi connectivity index (χ1v) is 4.53. The molecule has 0 radical (unpaired) electrons. The maximum Gasteiger partial charge on any atom is 0.0558 e. The molecule has 0 spiro atoms. The van der Waals surface area contributed by atoms with Crippen LogP contribution in [0.25, 0.3) is 0 Å². The summed E-state index contributed by atoms with van der Waals surface area (Å²) in [6, 6.07) is 0. The molecular formula is C8H20Cl2N2O2. The Morgan fingerprint density at radius 3 is 1.21 bits per heavy atom. The Morgan fingerprint density at radius 2 is 1.00 bits per heavy atom. The van der Waals surface area contributed by atoms with Gasteiger partial charge in [0.05, 0.1) is 13.2 Å². The van der Waals surface area contributed by atoms with Crippen molar-refractivity contribution in [3.05, 3.63) is 0 Å². The zero-order valence-electron chi connectivity index (χ0n) is 8.26. The Balaban J connectivity index is 0. The molecule has 0 aromatic heterocycles. The summed E-state index contributed by atoms with van der Waals surface area (Å²) in [7, 11) is 0. The highest BCUT2D eigenvalue weighted by atomic mass is 35.5. The summed E-state index contributed by atoms with van der Waals surface area (Å²) in [4.78, 5) is 4.49. The van der Waals surface area contributed by atoms with E-state index in [0.717, 1.165) is 39.3 Å². The second-order valence-corrected chi connectivity index (χ2v) is 3.13. The first kappa shape index (κ1) is 16.8. The van der Waals surface area contributed by atoms with E-state index in [0.29, 0.717) is 0 Å². The van der Waals surface area contributed by atoms with Gasteiger partial charge in [-0.05, 0) is 0 Å². The van der Waals surface area contributed by atoms with Crippen molar-refractivity contribution in [3.63, 3.8) is 0 Å². The van der Waals surface area contributed by atoms with Crippen molar-refractivity contribution in [2.75, 3.05) is 52.5 Å². The zero-order chi connectivity index (χ0) is 8.81. The van der Waals surface area contributed by atoms with Crippen molar-refractivity contribution >= 4 is 24.8 Å². The van der Waals surface area contributed by atoms with Crippen LogP contribution < -0.4 is 0 Å². The first-order chi connectivity index (χ1) is 5.86. The van der Waals surface area contributed by atoms with E-state index in [4.69, 9.17) is 10.2 Å². The van der Waals surface area contributed by atoms with Crippen LogP contribution >= 0.6 is 24.8 Å². The number of nitrogens with zero attached hydrogens (tertiary/aromatic N) is 2. The van der Waals surface area contributed by atoms with Gasteiger partial charge in [0.1, 0.15) is 0 Å². The predicted molar refractivity (Wildman–Crippen MR) is 61.5 cm³/mol. The topological polar surface area (TPSA) is 46.9 Å². The maximum atomic E-state index is 8.69. The largest absolute Gasteiger partial charge is 0.395 e. The molecule has 88 valence electrons. The summed E-state index contributed by atoms with van der Waals surface area (Å²) in [5.74, 6) is 0. The highest BCUT2D eigenvalue weighted by Gasteiger charge is 2.14. The third-order valence-electron chi connectivity index (χ3n) is 2.30. The Labute approximate surface area is 97.7 Å². The van der Waals surface area contributed by atoms with Gasteiger partial charge in [0.15, 0.2) is 0 Å². The second-order valence-electron chi connectivity index (χ2n) is 3.13. The minimum atomic E-state index is 0. The minimum Gasteiger partial charge on any atom is -0.395 e. The van der Waals surface area contributed by atoms with Crippen LogP contribution in [0.2, 0.25) is 0 Å². The number of piperazine rings is 1. The molecule has 0 bridgehead atoms. The highest BCUT2D eigenvalue weighted by molar-refractivity contribution is 5.85. The number of hydrogen-bond donors (Lipinski definition) is 2. The van der Waals surface area contributed by atoms with Crippen molar-refractivity contribution in [3.8, 4) is 0 Å². The molecule has 1 aliphatic rings. The molecule has 0 saturated carbocycles. The lowest BCUT2D eigenvalue weighted by Crippen LogP contribution is -2.47. The molecule has 0 atom stereocenters. The van der Waals surface area contributed by atoms with Gasteiger partial charge in [0.2, 0.25) is 0 Å². The molecule has 0 aliphatic carbocycles. The second kappa shape index (κ2) is 9.96. The molecule has 14 heavy (non-hydrogen) atoms. The molecular weight excluding hydrogens is 227 g/mol. The number of halogens is 2. The lowest BCUT2D eigenvalue weighted by atomic mass is 10.3. The van der Waals surface area contributed by atoms with E-state index >= 15 is 0 Å². The van der Waals surface area contributed by atoms with Crippen molar-refractivity contribution in [1.82, 2.24) is 9.80 Å². The lowest BCUT2D eigenvalue weighted by Gasteiger charge is -2.33. The van der Waals surface area contributed by atoms with Gasteiger partial charge in [-0.2, -0.15) is 0 Å². The number of aliphatic hydroxyl groups is 2. The third-order valence-corrected chi connectivity index (χ3v) is 2.30. The Kier molecular flexibility index (Phi) is 12.0. The number of rotatable bonds is 4. The van der Waals surface area contributed by atoms with Crippen molar-refractivity contribution in [1.29, 1.82) is 0 Å². The van der Waals surface area contributed by atoms with E-state index < -0.39 is 0 Å². The quantitative estimate of drug-likeness (QED) is 0.698. The summed E-state index contributed by atoms with van der Waals surface area (Å²) < 4.78 is 0. The van der Waals surface area contributed by atoms with Gasteiger partial charge < -0.3 is 10.2 Å². The Morgan fingerprint density at radius 1 is 0.714 bits per heavy atom. The van der Waals surface area contributed by atoms with Gasteiger partial charge in [0.25, 0.3) is 0 Å². The van der Waals surface area contributed by atoms with Crippen LogP contribution in [0.5, 0.6) is 0 Å². The van der Waals surface area contributed by atoms with E-state index in [2.05, 4.69) is 9.80 Å². The van der Waals surface area contributed by atoms with Gasteiger partial charge in [-0.3, -0.25) is 9.80 Å². The minimum absolute atomic E-state index is 0. The molecule has 1 heterocycles. The van der Waals surface area contributed by atoms with Crippen LogP contribution in [0.15, 0.2) is 0 Å². The van der Waals surface area contributed by atoms with Crippen molar-refractivity contribution in [2.45, 2.75) is 0 Å². The molecule has 4 nitrogen and oxygen atoms in total. The molecule has 6 heteroatoms. The predicted octanol–water partition coefficient (Wildman–Crippen LogP) is -0.568. The lowest BCUT2D eigenvalue weighted by molar-refractivity contribution is 0.0984. The van der Waals surface area contributed by atoms with E-state index in [-0.39, 0.29) is 38.0 Å². The molecule has 1 fully saturated rings. The van der Waals surface area contributed by atoms with Crippen molar-refractivity contribution < 1.29 is 10.2 Å². The number of hydrogen-bond acceptors (Lipinski definition) is 4. The maximum absolute atomic E-state index is 8.69. The molecule has 1 saturated heterocycles. The van der Waals surface area contributed by atoms with Gasteiger partial charge in [-0.25, -0.2) is 0 Å². The van der Waals surface area contributed by atoms with Crippen LogP contribution in [0.3, 0.4) is 0 Å². The van der Waals surface area contributed by atoms with Crippen LogP contribution in [-0.4, -0.2) is 72.5 Å². The molecule has 0 aromatic rings. The van der Waals surface area contributed by atoms with E-state index in [1.54, 1.807) is 0 Å². The standard InChI is InChI=1S/C8H18N2O2.2ClH/c11-7-5-9-1-2-10(4-3-9)6-8-12;;/h11-12H,1-8H2;2*1H. The fourth-order valence-electron chi connectivity index (χ4n) is 1.52. The zero-order valence-corrected chi connectivity index (χ0v) is 9.90. The fraction of sp³-hybridized carbons (Fsp3) is 1.00. The van der Waals surface area contributed by atoms with Gasteiger partial charge in [0, 0.05) is 39.3 Å². The normalized spacial score (nSPS) is 18.4. The van der Waals surface area contributed by atoms with Crippen LogP contribution in [-0.2, 0) is 0 Å². The van der Waals surface area contributed by atoms with Gasteiger partial charge in [-0.1, -0.05) is 0 Å². The summed E-state index contributed by atoms with van der Waals surface area (Å²) in [6.07, 6.45) is 0. The highest BCUT2D eigenvalue weighted by Crippen LogP contribution is 1.99. The SMILES string of the molecule is Cl.Cl.OCCN1CCN(CCO)CC1. The van der Waals surface area contributed by atoms with Crippen molar-refractivity contribution in [2.24, 2.45) is 0 Å². The molecule has 0 aromatic carbocycles. The summed E-state index contributed by atoms with van der Waals surface area (Å²) in [5.41, 5.74) is 0. The van der Waals surface area contributed by atoms with Gasteiger partial charge >= 0.3 is 0 Å². The third kappa shape index (κ3) is 6.01. The first-order valence-electron chi connectivity index (χ1n) is 4.53. The number of β-amino-alcohol motifs (C(OH)–C–C–N with tert-alkyl or cyclic N) is 2. The molecule has 1 aliphatic heterocycles. The van der Waals surface area contributed by atoms with E-state index in [9.17, 15) is 0 Å². The summed E-state index contributed by atoms with van der Waals surface area (Å²) >= 11 is 0. The Bertz CT molecular complexity index is 108. The monoisotopic (exact) mass is 246 g/mol. The van der Waals surface area contributed by atoms with E-state index in [1.807, 2.05) is 0 Å². The average Bonchev–Trinajstić information content (AvgIpc) is 2.09. The molecule has 1 rings (SSSR count). The summed E-state index contributed by atoms with van der Waals surface area (Å²) in [6.45, 7) is 6.13. The van der Waals surface area contributed by atoms with Crippen LogP contribution in [0, 0.1) is 0 Å². The molecule has 0 unspecified atom stereocenters. The van der Waals surface area contributed by atoms with Gasteiger partial charge in [-0.15, -0.1) is 24.8 Å². The smallest absolute Gasteiger partial charge is 0.0558 e. The van der Waals surface area contributed by atoms with E-state index in [1.165, 1.54) is 0 Å². The molecule has 0 amide bonds. The number of aliphatic hydroxyl groups excluding tert-OH is 2.